The molecule has 0 aliphatic rings. The van der Waals surface area contributed by atoms with E-state index in [0.717, 1.165) is 83.5 Å². The van der Waals surface area contributed by atoms with Crippen molar-refractivity contribution >= 4 is 19.8 Å². The molecule has 0 aliphatic heterocycles. The second-order valence-electron chi connectivity index (χ2n) is 21.2. The Kier molecular flexibility index (Phi) is 60.1. The molecular weight excluding hydrogens is 978 g/mol. The maximum atomic E-state index is 12.7. The molecule has 0 aromatic carbocycles. The number of hydrogen-bond acceptors (Lipinski definition) is 8. The van der Waals surface area contributed by atoms with E-state index in [2.05, 4.69) is 98.9 Å². The zero-order chi connectivity index (χ0) is 55.9. The number of ether oxygens (including phenoxy) is 2. The zero-order valence-electron chi connectivity index (χ0n) is 49.9. The SMILES string of the molecule is CC/C=C\C/C=C\C/C=C\C/C=C\C/C=C\C/C=C\CCCCCCCCCCCCC(=O)OC(COC(=O)CCCCCCCCCCCCCCCCC/C=C\CCCCCCCCCC)COP(=O)(O)OCCN. The minimum absolute atomic E-state index is 0.0503. The van der Waals surface area contributed by atoms with Crippen LogP contribution in [0.2, 0.25) is 0 Å². The van der Waals surface area contributed by atoms with E-state index in [0.29, 0.717) is 6.42 Å². The molecule has 9 nitrogen and oxygen atoms in total. The maximum Gasteiger partial charge on any atom is 0.472 e. The first kappa shape index (κ1) is 74.2. The summed E-state index contributed by atoms with van der Waals surface area (Å²) in [5, 5.41) is 0. The molecule has 0 saturated carbocycles. The van der Waals surface area contributed by atoms with Crippen molar-refractivity contribution < 1.29 is 37.6 Å². The number of esters is 2. The smallest absolute Gasteiger partial charge is 0.462 e. The van der Waals surface area contributed by atoms with E-state index in [-0.39, 0.29) is 38.6 Å². The van der Waals surface area contributed by atoms with Gasteiger partial charge in [0.25, 0.3) is 0 Å². The lowest BCUT2D eigenvalue weighted by atomic mass is 10.0. The van der Waals surface area contributed by atoms with Crippen LogP contribution in [0.5, 0.6) is 0 Å². The van der Waals surface area contributed by atoms with Gasteiger partial charge in [0, 0.05) is 19.4 Å². The summed E-state index contributed by atoms with van der Waals surface area (Å²) >= 11 is 0. The Bertz CT molecular complexity index is 1530. The monoisotopic (exact) mass is 1100 g/mol. The van der Waals surface area contributed by atoms with E-state index in [1.54, 1.807) is 0 Å². The van der Waals surface area contributed by atoms with Crippen molar-refractivity contribution in [3.05, 3.63) is 85.1 Å². The highest BCUT2D eigenvalue weighted by atomic mass is 31.2. The van der Waals surface area contributed by atoms with Gasteiger partial charge in [0.2, 0.25) is 0 Å². The number of phosphoric acid groups is 1. The predicted molar refractivity (Wildman–Crippen MR) is 330 cm³/mol. The molecule has 0 fully saturated rings. The van der Waals surface area contributed by atoms with Gasteiger partial charge in [-0.15, -0.1) is 0 Å². The van der Waals surface area contributed by atoms with Crippen LogP contribution in [0.3, 0.4) is 0 Å². The summed E-state index contributed by atoms with van der Waals surface area (Å²) in [5.41, 5.74) is 5.39. The van der Waals surface area contributed by atoms with Crippen LogP contribution in [0, 0.1) is 0 Å². The summed E-state index contributed by atoms with van der Waals surface area (Å²) < 4.78 is 33.1. The molecule has 0 amide bonds. The molecule has 0 aromatic rings. The van der Waals surface area contributed by atoms with E-state index in [9.17, 15) is 19.0 Å². The van der Waals surface area contributed by atoms with Gasteiger partial charge in [-0.25, -0.2) is 4.57 Å². The van der Waals surface area contributed by atoms with Crippen molar-refractivity contribution in [3.8, 4) is 0 Å². The largest absolute Gasteiger partial charge is 0.472 e. The van der Waals surface area contributed by atoms with E-state index < -0.39 is 26.5 Å². The molecule has 0 bridgehead atoms. The first-order chi connectivity index (χ1) is 37.8. The van der Waals surface area contributed by atoms with E-state index in [4.69, 9.17) is 24.3 Å². The zero-order valence-corrected chi connectivity index (χ0v) is 50.8. The average Bonchev–Trinajstić information content (AvgIpc) is 3.42. The first-order valence-corrected chi connectivity index (χ1v) is 33.6. The number of carbonyl (C=O) groups is 2. The van der Waals surface area contributed by atoms with Crippen molar-refractivity contribution in [2.45, 2.75) is 302 Å². The molecule has 0 aromatic heterocycles. The van der Waals surface area contributed by atoms with E-state index in [1.165, 1.54) is 180 Å². The van der Waals surface area contributed by atoms with Crippen molar-refractivity contribution in [2.75, 3.05) is 26.4 Å². The third-order valence-electron chi connectivity index (χ3n) is 13.8. The molecule has 77 heavy (non-hydrogen) atoms. The molecular formula is C67H120NO8P. The van der Waals surface area contributed by atoms with Gasteiger partial charge in [-0.2, -0.15) is 0 Å². The standard InChI is InChI=1S/C67H120NO8P/c1-3-5-7-9-11-13-15-17-19-21-23-25-27-29-31-32-34-36-38-40-42-44-46-48-50-52-54-56-58-60-67(70)76-65(64-75-77(71,72)74-62-61-68)63-73-66(69)59-57-55-53-51-49-47-45-43-41-39-37-35-33-30-28-26-24-22-20-18-16-14-12-10-8-6-4-2/h5,7,11,13,17,19,22-25,29,31,34,36,65H,3-4,6,8-10,12,14-16,18,20-21,26-28,30,32-33,35,37-64,68H2,1-2H3,(H,71,72)/b7-5-,13-11-,19-17-,24-22-,25-23-,31-29-,36-34-. The number of unbranched alkanes of at least 4 members (excludes halogenated alkanes) is 33. The summed E-state index contributed by atoms with van der Waals surface area (Å²) in [6.07, 6.45) is 82.2. The van der Waals surface area contributed by atoms with Gasteiger partial charge in [0.1, 0.15) is 6.61 Å². The van der Waals surface area contributed by atoms with Gasteiger partial charge in [0.15, 0.2) is 6.10 Å². The Hall–Kier alpha value is -2.81. The lowest BCUT2D eigenvalue weighted by molar-refractivity contribution is -0.161. The van der Waals surface area contributed by atoms with E-state index >= 15 is 0 Å². The van der Waals surface area contributed by atoms with Gasteiger partial charge >= 0.3 is 19.8 Å². The highest BCUT2D eigenvalue weighted by Gasteiger charge is 2.26. The third-order valence-corrected chi connectivity index (χ3v) is 14.7. The molecule has 0 saturated heterocycles. The number of phosphoric ester groups is 1. The van der Waals surface area contributed by atoms with Crippen molar-refractivity contribution in [1.82, 2.24) is 0 Å². The summed E-state index contributed by atoms with van der Waals surface area (Å²) in [4.78, 5) is 35.3. The average molecular weight is 1100 g/mol. The van der Waals surface area contributed by atoms with Crippen LogP contribution in [0.25, 0.3) is 0 Å². The van der Waals surface area contributed by atoms with Gasteiger partial charge in [-0.3, -0.25) is 18.6 Å². The molecule has 10 heteroatoms. The summed E-state index contributed by atoms with van der Waals surface area (Å²) in [7, 11) is -4.40. The fraction of sp³-hybridized carbons (Fsp3) is 0.761. The molecule has 0 radical (unpaired) electrons. The van der Waals surface area contributed by atoms with Gasteiger partial charge in [-0.1, -0.05) is 279 Å². The van der Waals surface area contributed by atoms with Crippen LogP contribution in [-0.2, 0) is 32.7 Å². The fourth-order valence-electron chi connectivity index (χ4n) is 9.05. The Morgan fingerprint density at radius 3 is 1.08 bits per heavy atom. The van der Waals surface area contributed by atoms with Crippen LogP contribution in [0.1, 0.15) is 296 Å². The number of nitrogens with two attached hydrogens (primary N) is 1. The van der Waals surface area contributed by atoms with Crippen LogP contribution in [-0.4, -0.2) is 49.3 Å². The minimum atomic E-state index is -4.40. The lowest BCUT2D eigenvalue weighted by Crippen LogP contribution is -2.29. The van der Waals surface area contributed by atoms with Gasteiger partial charge < -0.3 is 20.1 Å². The third kappa shape index (κ3) is 62.3. The van der Waals surface area contributed by atoms with E-state index in [1.807, 2.05) is 0 Å². The maximum absolute atomic E-state index is 12.7. The van der Waals surface area contributed by atoms with Crippen molar-refractivity contribution in [2.24, 2.45) is 5.73 Å². The van der Waals surface area contributed by atoms with Gasteiger partial charge in [0.05, 0.1) is 13.2 Å². The minimum Gasteiger partial charge on any atom is -0.462 e. The molecule has 0 heterocycles. The Balaban J connectivity index is 3.94. The van der Waals surface area contributed by atoms with Crippen LogP contribution < -0.4 is 5.73 Å². The number of allylic oxidation sites excluding steroid dienone is 14. The normalized spacial score (nSPS) is 13.6. The highest BCUT2D eigenvalue weighted by Crippen LogP contribution is 2.43. The Morgan fingerprint density at radius 2 is 0.714 bits per heavy atom. The molecule has 446 valence electrons. The van der Waals surface area contributed by atoms with Crippen molar-refractivity contribution in [3.63, 3.8) is 0 Å². The molecule has 2 unspecified atom stereocenters. The molecule has 0 aliphatic carbocycles. The first-order valence-electron chi connectivity index (χ1n) is 32.1. The second-order valence-corrected chi connectivity index (χ2v) is 22.7. The highest BCUT2D eigenvalue weighted by molar-refractivity contribution is 7.47. The number of hydrogen-bond donors (Lipinski definition) is 2. The molecule has 2 atom stereocenters. The summed E-state index contributed by atoms with van der Waals surface area (Å²) in [6, 6.07) is 0. The van der Waals surface area contributed by atoms with Gasteiger partial charge in [-0.05, 0) is 89.9 Å². The molecule has 0 rings (SSSR count). The van der Waals surface area contributed by atoms with Crippen molar-refractivity contribution in [1.29, 1.82) is 0 Å². The molecule has 3 N–H and O–H groups in total. The second kappa shape index (κ2) is 62.4. The molecule has 0 spiro atoms. The van der Waals surface area contributed by atoms with Crippen LogP contribution in [0.4, 0.5) is 0 Å². The Labute approximate surface area is 474 Å². The predicted octanol–water partition coefficient (Wildman–Crippen LogP) is 20.6. The lowest BCUT2D eigenvalue weighted by Gasteiger charge is -2.19. The summed E-state index contributed by atoms with van der Waals surface area (Å²) in [6.45, 7) is 3.66. The van der Waals surface area contributed by atoms with Crippen LogP contribution >= 0.6 is 7.82 Å². The summed E-state index contributed by atoms with van der Waals surface area (Å²) in [5.74, 6) is -0.826. The Morgan fingerprint density at radius 1 is 0.403 bits per heavy atom. The quantitative estimate of drug-likeness (QED) is 0.0264. The van der Waals surface area contributed by atoms with Crippen LogP contribution in [0.15, 0.2) is 85.1 Å². The number of rotatable bonds is 60. The topological polar surface area (TPSA) is 134 Å². The number of carbonyl (C=O) groups excluding carboxylic acids is 2. The fourth-order valence-corrected chi connectivity index (χ4v) is 9.81.